The Labute approximate surface area is 125 Å². The summed E-state index contributed by atoms with van der Waals surface area (Å²) in [4.78, 5) is 17.4. The van der Waals surface area contributed by atoms with E-state index in [2.05, 4.69) is 17.0 Å². The second kappa shape index (κ2) is 5.13. The lowest BCUT2D eigenvalue weighted by Crippen LogP contribution is -2.57. The Morgan fingerprint density at radius 1 is 1.38 bits per heavy atom. The van der Waals surface area contributed by atoms with Crippen molar-refractivity contribution < 1.29 is 9.32 Å². The van der Waals surface area contributed by atoms with Crippen molar-refractivity contribution in [1.29, 1.82) is 0 Å². The maximum atomic E-state index is 12.8. The van der Waals surface area contributed by atoms with Crippen LogP contribution in [-0.4, -0.2) is 52.6 Å². The molecule has 3 fully saturated rings. The molecule has 0 unspecified atom stereocenters. The quantitative estimate of drug-likeness (QED) is 0.856. The molecule has 3 aliphatic rings. The van der Waals surface area contributed by atoms with Gasteiger partial charge in [-0.2, -0.15) is 0 Å². The molecule has 3 heterocycles. The Hall–Kier alpha value is -1.36. The second-order valence-corrected chi connectivity index (χ2v) is 6.70. The lowest BCUT2D eigenvalue weighted by Gasteiger charge is -2.43. The summed E-state index contributed by atoms with van der Waals surface area (Å²) >= 11 is 0. The fourth-order valence-corrected chi connectivity index (χ4v) is 3.78. The summed E-state index contributed by atoms with van der Waals surface area (Å²) in [6, 6.07) is 2.73. The number of nitrogens with zero attached hydrogens (tertiary/aromatic N) is 3. The number of hydrogen-bond donors (Lipinski definition) is 0. The summed E-state index contributed by atoms with van der Waals surface area (Å²) in [5, 5.41) is 4.03. The summed E-state index contributed by atoms with van der Waals surface area (Å²) < 4.78 is 5.35. The van der Waals surface area contributed by atoms with Crippen LogP contribution in [0.4, 0.5) is 0 Å². The molecular formula is C16H23N3O2. The largest absolute Gasteiger partial charge is 0.360 e. The number of rotatable bonds is 3. The topological polar surface area (TPSA) is 49.6 Å². The van der Waals surface area contributed by atoms with Crippen LogP contribution in [0, 0.1) is 0 Å². The third-order valence-electron chi connectivity index (χ3n) is 5.25. The van der Waals surface area contributed by atoms with Crippen molar-refractivity contribution in [3.63, 3.8) is 0 Å². The van der Waals surface area contributed by atoms with Crippen LogP contribution in [0.15, 0.2) is 10.6 Å². The van der Waals surface area contributed by atoms with Crippen LogP contribution in [0.25, 0.3) is 0 Å². The molecule has 5 heteroatoms. The van der Waals surface area contributed by atoms with E-state index in [4.69, 9.17) is 4.52 Å². The molecule has 1 saturated carbocycles. The first kappa shape index (κ1) is 13.3. The zero-order chi connectivity index (χ0) is 14.4. The SMILES string of the molecule is CC[C@H]1CN2CCC[C@@H]2CN1C(=O)c1cc(C2CC2)on1. The van der Waals surface area contributed by atoms with Gasteiger partial charge in [-0.1, -0.05) is 12.1 Å². The summed E-state index contributed by atoms with van der Waals surface area (Å²) in [6.45, 7) is 5.22. The minimum Gasteiger partial charge on any atom is -0.360 e. The van der Waals surface area contributed by atoms with Gasteiger partial charge in [0.05, 0.1) is 0 Å². The van der Waals surface area contributed by atoms with E-state index in [9.17, 15) is 4.79 Å². The number of hydrogen-bond acceptors (Lipinski definition) is 4. The van der Waals surface area contributed by atoms with Crippen LogP contribution < -0.4 is 0 Å². The average molecular weight is 289 g/mol. The zero-order valence-corrected chi connectivity index (χ0v) is 12.6. The molecule has 1 aromatic rings. The molecule has 5 nitrogen and oxygen atoms in total. The van der Waals surface area contributed by atoms with Gasteiger partial charge in [0.2, 0.25) is 0 Å². The number of carbonyl (C=O) groups excluding carboxylic acids is 1. The summed E-state index contributed by atoms with van der Waals surface area (Å²) in [6.07, 6.45) is 5.82. The Bertz CT molecular complexity index is 537. The second-order valence-electron chi connectivity index (χ2n) is 6.70. The lowest BCUT2D eigenvalue weighted by atomic mass is 10.0. The highest BCUT2D eigenvalue weighted by molar-refractivity contribution is 5.92. The van der Waals surface area contributed by atoms with Gasteiger partial charge in [-0.05, 0) is 38.6 Å². The van der Waals surface area contributed by atoms with Gasteiger partial charge in [0.15, 0.2) is 5.69 Å². The van der Waals surface area contributed by atoms with Gasteiger partial charge >= 0.3 is 0 Å². The van der Waals surface area contributed by atoms with Gasteiger partial charge in [0, 0.05) is 37.2 Å². The number of piperazine rings is 1. The lowest BCUT2D eigenvalue weighted by molar-refractivity contribution is 0.0337. The Morgan fingerprint density at radius 2 is 2.24 bits per heavy atom. The molecule has 2 aliphatic heterocycles. The number of amides is 1. The first-order chi connectivity index (χ1) is 10.3. The van der Waals surface area contributed by atoms with E-state index < -0.39 is 0 Å². The molecule has 114 valence electrons. The van der Waals surface area contributed by atoms with Crippen LogP contribution in [0.5, 0.6) is 0 Å². The average Bonchev–Trinajstić information content (AvgIpc) is 3.07. The van der Waals surface area contributed by atoms with Crippen molar-refractivity contribution in [2.75, 3.05) is 19.6 Å². The predicted molar refractivity (Wildman–Crippen MR) is 78.2 cm³/mol. The van der Waals surface area contributed by atoms with Crippen molar-refractivity contribution in [2.24, 2.45) is 0 Å². The molecule has 2 atom stereocenters. The molecule has 1 amide bonds. The fraction of sp³-hybridized carbons (Fsp3) is 0.750. The highest BCUT2D eigenvalue weighted by Gasteiger charge is 2.39. The molecule has 0 spiro atoms. The van der Waals surface area contributed by atoms with E-state index >= 15 is 0 Å². The van der Waals surface area contributed by atoms with Gasteiger partial charge in [-0.15, -0.1) is 0 Å². The van der Waals surface area contributed by atoms with Gasteiger partial charge in [0.1, 0.15) is 5.76 Å². The van der Waals surface area contributed by atoms with Crippen LogP contribution in [0.1, 0.15) is 61.2 Å². The van der Waals surface area contributed by atoms with E-state index in [0.29, 0.717) is 23.7 Å². The van der Waals surface area contributed by atoms with E-state index in [1.807, 2.05) is 11.0 Å². The predicted octanol–water partition coefficient (Wildman–Crippen LogP) is 2.25. The van der Waals surface area contributed by atoms with Crippen molar-refractivity contribution in [3.05, 3.63) is 17.5 Å². The molecule has 2 saturated heterocycles. The monoisotopic (exact) mass is 289 g/mol. The summed E-state index contributed by atoms with van der Waals surface area (Å²) in [7, 11) is 0. The van der Waals surface area contributed by atoms with Crippen molar-refractivity contribution in [2.45, 2.75) is 57.0 Å². The number of aromatic nitrogens is 1. The van der Waals surface area contributed by atoms with Crippen LogP contribution >= 0.6 is 0 Å². The molecule has 1 aliphatic carbocycles. The molecule has 0 aromatic carbocycles. The fourth-order valence-electron chi connectivity index (χ4n) is 3.78. The first-order valence-electron chi connectivity index (χ1n) is 8.28. The number of fused-ring (bicyclic) bond motifs is 1. The van der Waals surface area contributed by atoms with E-state index in [1.165, 1.54) is 32.2 Å². The van der Waals surface area contributed by atoms with E-state index in [1.54, 1.807) is 0 Å². The maximum Gasteiger partial charge on any atom is 0.276 e. The highest BCUT2D eigenvalue weighted by Crippen LogP contribution is 2.40. The van der Waals surface area contributed by atoms with Gasteiger partial charge < -0.3 is 9.42 Å². The molecular weight excluding hydrogens is 266 g/mol. The van der Waals surface area contributed by atoms with Crippen LogP contribution in [0.3, 0.4) is 0 Å². The minimum atomic E-state index is 0.0593. The van der Waals surface area contributed by atoms with E-state index in [-0.39, 0.29) is 5.91 Å². The molecule has 0 N–H and O–H groups in total. The summed E-state index contributed by atoms with van der Waals surface area (Å²) in [5.74, 6) is 1.46. The standard InChI is InChI=1S/C16H23N3O2/c1-2-12-9-18-7-3-4-13(18)10-19(12)16(20)14-8-15(21-17-14)11-5-6-11/h8,11-13H,2-7,9-10H2,1H3/t12-,13+/m0/s1. The van der Waals surface area contributed by atoms with Crippen LogP contribution in [-0.2, 0) is 0 Å². The maximum absolute atomic E-state index is 12.8. The number of carbonyl (C=O) groups is 1. The van der Waals surface area contributed by atoms with Crippen molar-refractivity contribution in [3.8, 4) is 0 Å². The molecule has 1 aromatic heterocycles. The molecule has 0 bridgehead atoms. The third-order valence-corrected chi connectivity index (χ3v) is 5.25. The molecule has 4 rings (SSSR count). The van der Waals surface area contributed by atoms with Crippen LogP contribution in [0.2, 0.25) is 0 Å². The van der Waals surface area contributed by atoms with E-state index in [0.717, 1.165) is 25.3 Å². The Morgan fingerprint density at radius 3 is 3.00 bits per heavy atom. The van der Waals surface area contributed by atoms with Crippen molar-refractivity contribution in [1.82, 2.24) is 15.0 Å². The molecule has 21 heavy (non-hydrogen) atoms. The molecule has 0 radical (unpaired) electrons. The smallest absolute Gasteiger partial charge is 0.276 e. The minimum absolute atomic E-state index is 0.0593. The Kier molecular flexibility index (Phi) is 3.25. The normalized spacial score (nSPS) is 29.7. The van der Waals surface area contributed by atoms with Crippen molar-refractivity contribution >= 4 is 5.91 Å². The zero-order valence-electron chi connectivity index (χ0n) is 12.6. The summed E-state index contributed by atoms with van der Waals surface area (Å²) in [5.41, 5.74) is 0.502. The highest BCUT2D eigenvalue weighted by atomic mass is 16.5. The van der Waals surface area contributed by atoms with Gasteiger partial charge in [-0.25, -0.2) is 0 Å². The third kappa shape index (κ3) is 2.37. The van der Waals surface area contributed by atoms with Gasteiger partial charge in [0.25, 0.3) is 5.91 Å². The Balaban J connectivity index is 1.53. The first-order valence-corrected chi connectivity index (χ1v) is 8.28. The van der Waals surface area contributed by atoms with Gasteiger partial charge in [-0.3, -0.25) is 9.69 Å².